The fourth-order valence-corrected chi connectivity index (χ4v) is 2.62. The number of anilines is 1. The fourth-order valence-electron chi connectivity index (χ4n) is 1.85. The summed E-state index contributed by atoms with van der Waals surface area (Å²) in [6.45, 7) is 0. The van der Waals surface area contributed by atoms with Crippen LogP contribution in [0.15, 0.2) is 34.9 Å². The van der Waals surface area contributed by atoms with E-state index < -0.39 is 28.9 Å². The first-order valence-corrected chi connectivity index (χ1v) is 7.63. The molecule has 26 heavy (non-hydrogen) atoms. The van der Waals surface area contributed by atoms with Crippen LogP contribution >= 0.6 is 11.9 Å². The van der Waals surface area contributed by atoms with Gasteiger partial charge in [-0.3, -0.25) is 10.0 Å². The molecule has 0 bridgehead atoms. The number of carbonyl (C=O) groups excluding carboxylic acids is 1. The molecular formula is C15H14N2O8S. The normalized spacial score (nSPS) is 11.2. The van der Waals surface area contributed by atoms with Gasteiger partial charge >= 0.3 is 5.91 Å². The second-order valence-electron chi connectivity index (χ2n) is 4.91. The molecule has 0 spiro atoms. The van der Waals surface area contributed by atoms with Gasteiger partial charge < -0.3 is 35.4 Å². The number of aromatic hydroxyl groups is 5. The lowest BCUT2D eigenvalue weighted by Crippen LogP contribution is -2.20. The Bertz CT molecular complexity index is 861. The molecule has 0 aromatic heterocycles. The smallest absolute Gasteiger partial charge is 0.309 e. The van der Waals surface area contributed by atoms with Crippen molar-refractivity contribution in [3.8, 4) is 28.7 Å². The molecule has 0 fully saturated rings. The number of phenolic OH excluding ortho intramolecular Hbond substituents is 5. The van der Waals surface area contributed by atoms with E-state index in [4.69, 9.17) is 5.21 Å². The van der Waals surface area contributed by atoms with Gasteiger partial charge in [0, 0.05) is 23.8 Å². The third kappa shape index (κ3) is 4.15. The molecule has 0 aliphatic rings. The van der Waals surface area contributed by atoms with Crippen LogP contribution < -0.4 is 10.2 Å². The zero-order valence-corrected chi connectivity index (χ0v) is 13.7. The molecule has 0 saturated heterocycles. The number of carbonyl (C=O) groups is 1. The molecule has 0 aliphatic carbocycles. The van der Waals surface area contributed by atoms with Crippen LogP contribution in [-0.2, 0) is 4.79 Å². The number of nitrogens with one attached hydrogen (secondary N) is 2. The van der Waals surface area contributed by atoms with E-state index in [0.29, 0.717) is 0 Å². The fraction of sp³-hybridized carbons (Fsp3) is 0. The molecule has 0 heterocycles. The number of amides is 1. The number of aliphatic hydroxyl groups is 1. The third-order valence-corrected chi connectivity index (χ3v) is 3.93. The zero-order chi connectivity index (χ0) is 19.4. The van der Waals surface area contributed by atoms with E-state index in [9.17, 15) is 35.4 Å². The van der Waals surface area contributed by atoms with Crippen LogP contribution in [-0.4, -0.2) is 41.8 Å². The monoisotopic (exact) mass is 382 g/mol. The van der Waals surface area contributed by atoms with Crippen molar-refractivity contribution in [3.63, 3.8) is 0 Å². The summed E-state index contributed by atoms with van der Waals surface area (Å²) in [4.78, 5) is 11.2. The standard InChI is InChI=1S/C15H14N2O8S/c18-7-3-10(21)14(11(22)4-7)17-26-13-2-6(8(19)5-9(13)20)1-12(23)15(24)16-25/h1-5,17-23,25H,(H,16,24)/b12-1-. The molecule has 0 unspecified atom stereocenters. The lowest BCUT2D eigenvalue weighted by Gasteiger charge is -2.12. The van der Waals surface area contributed by atoms with Gasteiger partial charge in [0.1, 0.15) is 34.4 Å². The predicted octanol–water partition coefficient (Wildman–Crippen LogP) is 1.74. The summed E-state index contributed by atoms with van der Waals surface area (Å²) in [5.74, 6) is -4.19. The summed E-state index contributed by atoms with van der Waals surface area (Å²) >= 11 is 0.725. The molecule has 1 amide bonds. The maximum Gasteiger partial charge on any atom is 0.309 e. The van der Waals surface area contributed by atoms with E-state index in [2.05, 4.69) is 4.72 Å². The molecule has 10 nitrogen and oxygen atoms in total. The Kier molecular flexibility index (Phi) is 5.54. The van der Waals surface area contributed by atoms with Crippen LogP contribution in [0.1, 0.15) is 5.56 Å². The number of phenols is 5. The minimum atomic E-state index is -1.20. The van der Waals surface area contributed by atoms with Gasteiger partial charge in [0.15, 0.2) is 5.76 Å². The topological polar surface area (TPSA) is 183 Å². The average Bonchev–Trinajstić information content (AvgIpc) is 2.56. The van der Waals surface area contributed by atoms with Crippen LogP contribution in [0.25, 0.3) is 6.08 Å². The molecular weight excluding hydrogens is 368 g/mol. The zero-order valence-electron chi connectivity index (χ0n) is 12.8. The first-order valence-electron chi connectivity index (χ1n) is 6.81. The summed E-state index contributed by atoms with van der Waals surface area (Å²) < 4.78 is 2.56. The van der Waals surface area contributed by atoms with Crippen LogP contribution in [0.2, 0.25) is 0 Å². The van der Waals surface area contributed by atoms with Gasteiger partial charge in [-0.25, -0.2) is 5.48 Å². The highest BCUT2D eigenvalue weighted by atomic mass is 32.2. The second kappa shape index (κ2) is 7.63. The number of hydrogen-bond acceptors (Lipinski definition) is 10. The summed E-state index contributed by atoms with van der Waals surface area (Å²) in [5.41, 5.74) is 1.01. The second-order valence-corrected chi connectivity index (χ2v) is 5.76. The van der Waals surface area contributed by atoms with E-state index in [0.717, 1.165) is 36.2 Å². The molecule has 0 radical (unpaired) electrons. The van der Waals surface area contributed by atoms with Crippen LogP contribution in [0.5, 0.6) is 28.7 Å². The molecule has 0 atom stereocenters. The van der Waals surface area contributed by atoms with Gasteiger partial charge in [0.05, 0.1) is 4.90 Å². The average molecular weight is 382 g/mol. The Morgan fingerprint density at radius 2 is 1.54 bits per heavy atom. The first kappa shape index (κ1) is 18.9. The number of aliphatic hydroxyl groups excluding tert-OH is 1. The van der Waals surface area contributed by atoms with Gasteiger partial charge in [-0.05, 0) is 24.1 Å². The van der Waals surface area contributed by atoms with Crippen molar-refractivity contribution in [2.24, 2.45) is 0 Å². The van der Waals surface area contributed by atoms with Gasteiger partial charge in [-0.2, -0.15) is 0 Å². The molecule has 9 N–H and O–H groups in total. The summed E-state index contributed by atoms with van der Waals surface area (Å²) in [6, 6.07) is 4.10. The molecule has 138 valence electrons. The highest BCUT2D eigenvalue weighted by Crippen LogP contribution is 2.41. The Labute approximate surface area is 150 Å². The van der Waals surface area contributed by atoms with Gasteiger partial charge in [0.25, 0.3) is 0 Å². The molecule has 11 heteroatoms. The Balaban J connectivity index is 2.31. The van der Waals surface area contributed by atoms with E-state index in [-0.39, 0.29) is 27.6 Å². The van der Waals surface area contributed by atoms with E-state index in [1.165, 1.54) is 11.5 Å². The van der Waals surface area contributed by atoms with E-state index >= 15 is 0 Å². The van der Waals surface area contributed by atoms with Crippen molar-refractivity contribution in [1.29, 1.82) is 0 Å². The molecule has 0 aliphatic heterocycles. The van der Waals surface area contributed by atoms with Gasteiger partial charge in [-0.15, -0.1) is 0 Å². The summed E-state index contributed by atoms with van der Waals surface area (Å²) in [7, 11) is 0. The number of rotatable bonds is 5. The van der Waals surface area contributed by atoms with Crippen molar-refractivity contribution in [2.75, 3.05) is 4.72 Å². The lowest BCUT2D eigenvalue weighted by atomic mass is 10.1. The maximum absolute atomic E-state index is 11.1. The van der Waals surface area contributed by atoms with Crippen molar-refractivity contribution >= 4 is 29.6 Å². The quantitative estimate of drug-likeness (QED) is 0.0702. The number of hydrogen-bond donors (Lipinski definition) is 9. The molecule has 0 saturated carbocycles. The number of hydroxylamine groups is 1. The SMILES string of the molecule is O=C(NO)/C(O)=C/c1cc(SNc2c(O)cc(O)cc2O)c(O)cc1O. The van der Waals surface area contributed by atoms with E-state index in [1.54, 1.807) is 0 Å². The maximum atomic E-state index is 11.1. The van der Waals surface area contributed by atoms with Crippen molar-refractivity contribution in [3.05, 3.63) is 35.6 Å². The van der Waals surface area contributed by atoms with Gasteiger partial charge in [0.2, 0.25) is 0 Å². The number of benzene rings is 2. The van der Waals surface area contributed by atoms with E-state index in [1.807, 2.05) is 0 Å². The summed E-state index contributed by atoms with van der Waals surface area (Å²) in [6.07, 6.45) is 0.847. The predicted molar refractivity (Wildman–Crippen MR) is 91.2 cm³/mol. The minimum Gasteiger partial charge on any atom is -0.508 e. The van der Waals surface area contributed by atoms with Crippen LogP contribution in [0.3, 0.4) is 0 Å². The third-order valence-electron chi connectivity index (χ3n) is 3.08. The largest absolute Gasteiger partial charge is 0.508 e. The molecule has 2 rings (SSSR count). The molecule has 2 aromatic carbocycles. The van der Waals surface area contributed by atoms with Gasteiger partial charge in [-0.1, -0.05) is 0 Å². The van der Waals surface area contributed by atoms with Crippen molar-refractivity contribution in [2.45, 2.75) is 4.90 Å². The highest BCUT2D eigenvalue weighted by Gasteiger charge is 2.14. The first-order chi connectivity index (χ1) is 12.2. The Hall–Kier alpha value is -3.44. The van der Waals surface area contributed by atoms with Crippen LogP contribution in [0.4, 0.5) is 5.69 Å². The highest BCUT2D eigenvalue weighted by molar-refractivity contribution is 8.00. The van der Waals surface area contributed by atoms with Crippen molar-refractivity contribution < 1.29 is 40.6 Å². The Morgan fingerprint density at radius 3 is 2.12 bits per heavy atom. The molecule has 2 aromatic rings. The lowest BCUT2D eigenvalue weighted by molar-refractivity contribution is -0.127. The summed E-state index contributed by atoms with van der Waals surface area (Å²) in [5, 5.41) is 66.3. The minimum absolute atomic E-state index is 0.0626. The Morgan fingerprint density at radius 1 is 0.923 bits per heavy atom. The van der Waals surface area contributed by atoms with Crippen molar-refractivity contribution in [1.82, 2.24) is 5.48 Å². The van der Waals surface area contributed by atoms with Crippen LogP contribution in [0, 0.1) is 0 Å².